The molecule has 17 heavy (non-hydrogen) atoms. The molecule has 4 heteroatoms. The van der Waals surface area contributed by atoms with Crippen molar-refractivity contribution in [2.75, 3.05) is 6.54 Å². The van der Waals surface area contributed by atoms with Crippen molar-refractivity contribution >= 4 is 5.97 Å². The van der Waals surface area contributed by atoms with Gasteiger partial charge >= 0.3 is 5.97 Å². The number of rotatable bonds is 5. The van der Waals surface area contributed by atoms with Crippen LogP contribution in [0.25, 0.3) is 0 Å². The summed E-state index contributed by atoms with van der Waals surface area (Å²) in [6, 6.07) is 8.76. The molecule has 1 aromatic rings. The summed E-state index contributed by atoms with van der Waals surface area (Å²) in [5.41, 5.74) is 5.57. The minimum absolute atomic E-state index is 0.459. The molecule has 0 saturated heterocycles. The van der Waals surface area contributed by atoms with Crippen LogP contribution in [0.4, 0.5) is 0 Å². The SMILES string of the molecule is CC(CCCN)(C(=O)O)c1cccc(C#N)c1. The number of nitrogens with two attached hydrogens (primary N) is 1. The van der Waals surface area contributed by atoms with E-state index >= 15 is 0 Å². The number of carboxylic acid groups (broad SMARTS) is 1. The highest BCUT2D eigenvalue weighted by Crippen LogP contribution is 2.29. The van der Waals surface area contributed by atoms with Crippen LogP contribution in [0.5, 0.6) is 0 Å². The van der Waals surface area contributed by atoms with Crippen molar-refractivity contribution in [3.8, 4) is 6.07 Å². The molecule has 0 aliphatic carbocycles. The highest BCUT2D eigenvalue weighted by Gasteiger charge is 2.34. The molecule has 3 N–H and O–H groups in total. The molecule has 0 fully saturated rings. The van der Waals surface area contributed by atoms with E-state index in [9.17, 15) is 9.90 Å². The lowest BCUT2D eigenvalue weighted by Crippen LogP contribution is -2.33. The number of aliphatic carboxylic acids is 1. The van der Waals surface area contributed by atoms with Gasteiger partial charge in [-0.3, -0.25) is 4.79 Å². The molecular weight excluding hydrogens is 216 g/mol. The van der Waals surface area contributed by atoms with Gasteiger partial charge in [0.05, 0.1) is 17.0 Å². The predicted octanol–water partition coefficient (Wildman–Crippen LogP) is 1.64. The maximum absolute atomic E-state index is 11.4. The Morgan fingerprint density at radius 1 is 1.59 bits per heavy atom. The zero-order valence-corrected chi connectivity index (χ0v) is 9.81. The van der Waals surface area contributed by atoms with Crippen molar-refractivity contribution in [3.05, 3.63) is 35.4 Å². The minimum Gasteiger partial charge on any atom is -0.481 e. The van der Waals surface area contributed by atoms with E-state index in [1.807, 2.05) is 6.07 Å². The summed E-state index contributed by atoms with van der Waals surface area (Å²) in [6.07, 6.45) is 1.10. The zero-order valence-electron chi connectivity index (χ0n) is 9.81. The quantitative estimate of drug-likeness (QED) is 0.807. The number of hydrogen-bond acceptors (Lipinski definition) is 3. The summed E-state index contributed by atoms with van der Waals surface area (Å²) in [5, 5.41) is 18.2. The average Bonchev–Trinajstić information content (AvgIpc) is 2.35. The Labute approximate surface area is 101 Å². The van der Waals surface area contributed by atoms with E-state index in [1.54, 1.807) is 31.2 Å². The van der Waals surface area contributed by atoms with E-state index in [0.29, 0.717) is 30.5 Å². The third-order valence-corrected chi connectivity index (χ3v) is 2.98. The molecule has 0 radical (unpaired) electrons. The molecule has 1 aromatic carbocycles. The van der Waals surface area contributed by atoms with Gasteiger partial charge in [-0.05, 0) is 44.0 Å². The van der Waals surface area contributed by atoms with Gasteiger partial charge in [-0.25, -0.2) is 0 Å². The van der Waals surface area contributed by atoms with Crippen LogP contribution in [0.2, 0.25) is 0 Å². The molecule has 0 bridgehead atoms. The van der Waals surface area contributed by atoms with Crippen molar-refractivity contribution < 1.29 is 9.90 Å². The highest BCUT2D eigenvalue weighted by atomic mass is 16.4. The van der Waals surface area contributed by atoms with Gasteiger partial charge in [-0.2, -0.15) is 5.26 Å². The lowest BCUT2D eigenvalue weighted by atomic mass is 9.78. The summed E-state index contributed by atoms with van der Waals surface area (Å²) in [4.78, 5) is 11.4. The second kappa shape index (κ2) is 5.46. The molecule has 0 aliphatic heterocycles. The van der Waals surface area contributed by atoms with E-state index in [1.165, 1.54) is 0 Å². The predicted molar refractivity (Wildman–Crippen MR) is 64.4 cm³/mol. The first-order valence-electron chi connectivity index (χ1n) is 5.48. The summed E-state index contributed by atoms with van der Waals surface area (Å²) in [5.74, 6) is -0.888. The van der Waals surface area contributed by atoms with Crippen LogP contribution in [0, 0.1) is 11.3 Å². The Morgan fingerprint density at radius 2 is 2.29 bits per heavy atom. The Morgan fingerprint density at radius 3 is 2.82 bits per heavy atom. The van der Waals surface area contributed by atoms with E-state index in [-0.39, 0.29) is 0 Å². The first-order chi connectivity index (χ1) is 8.04. The molecule has 90 valence electrons. The summed E-state index contributed by atoms with van der Waals surface area (Å²) in [6.45, 7) is 2.13. The number of hydrogen-bond donors (Lipinski definition) is 2. The van der Waals surface area contributed by atoms with Crippen LogP contribution in [-0.4, -0.2) is 17.6 Å². The van der Waals surface area contributed by atoms with Gasteiger partial charge in [0, 0.05) is 0 Å². The monoisotopic (exact) mass is 232 g/mol. The maximum Gasteiger partial charge on any atom is 0.313 e. The molecule has 1 unspecified atom stereocenters. The topological polar surface area (TPSA) is 87.1 Å². The van der Waals surface area contributed by atoms with E-state index in [2.05, 4.69) is 0 Å². The van der Waals surface area contributed by atoms with Crippen LogP contribution < -0.4 is 5.73 Å². The average molecular weight is 232 g/mol. The number of benzene rings is 1. The summed E-state index contributed by atoms with van der Waals surface area (Å²) in [7, 11) is 0. The van der Waals surface area contributed by atoms with Gasteiger partial charge in [0.15, 0.2) is 0 Å². The maximum atomic E-state index is 11.4. The second-order valence-electron chi connectivity index (χ2n) is 4.22. The fourth-order valence-corrected chi connectivity index (χ4v) is 1.76. The van der Waals surface area contributed by atoms with Gasteiger partial charge in [0.25, 0.3) is 0 Å². The van der Waals surface area contributed by atoms with E-state index < -0.39 is 11.4 Å². The zero-order chi connectivity index (χ0) is 12.9. The first kappa shape index (κ1) is 13.2. The van der Waals surface area contributed by atoms with Crippen LogP contribution in [0.1, 0.15) is 30.9 Å². The Hall–Kier alpha value is -1.86. The van der Waals surface area contributed by atoms with Gasteiger partial charge in [-0.1, -0.05) is 12.1 Å². The Balaban J connectivity index is 3.13. The van der Waals surface area contributed by atoms with E-state index in [0.717, 1.165) is 0 Å². The van der Waals surface area contributed by atoms with E-state index in [4.69, 9.17) is 11.0 Å². The van der Waals surface area contributed by atoms with Crippen molar-refractivity contribution in [1.82, 2.24) is 0 Å². The van der Waals surface area contributed by atoms with Crippen molar-refractivity contribution in [1.29, 1.82) is 5.26 Å². The molecule has 0 amide bonds. The van der Waals surface area contributed by atoms with Crippen LogP contribution in [0.3, 0.4) is 0 Å². The van der Waals surface area contributed by atoms with Crippen molar-refractivity contribution in [2.24, 2.45) is 5.73 Å². The standard InChI is InChI=1S/C13H16N2O2/c1-13(12(16)17,6-3-7-14)11-5-2-4-10(8-11)9-15/h2,4-5,8H,3,6-7,14H2,1H3,(H,16,17). The molecule has 1 rings (SSSR count). The molecule has 0 saturated carbocycles. The van der Waals surface area contributed by atoms with Crippen molar-refractivity contribution in [3.63, 3.8) is 0 Å². The molecule has 4 nitrogen and oxygen atoms in total. The number of carboxylic acids is 1. The number of nitriles is 1. The minimum atomic E-state index is -0.980. The molecule has 0 aliphatic rings. The second-order valence-corrected chi connectivity index (χ2v) is 4.22. The smallest absolute Gasteiger partial charge is 0.313 e. The third-order valence-electron chi connectivity index (χ3n) is 2.98. The van der Waals surface area contributed by atoms with Gasteiger partial charge < -0.3 is 10.8 Å². The fourth-order valence-electron chi connectivity index (χ4n) is 1.76. The third kappa shape index (κ3) is 2.83. The summed E-state index contributed by atoms with van der Waals surface area (Å²) < 4.78 is 0. The molecule has 0 aromatic heterocycles. The molecule has 0 spiro atoms. The molecule has 0 heterocycles. The number of nitrogens with zero attached hydrogens (tertiary/aromatic N) is 1. The van der Waals surface area contributed by atoms with Crippen LogP contribution in [-0.2, 0) is 10.2 Å². The lowest BCUT2D eigenvalue weighted by Gasteiger charge is -2.25. The normalized spacial score (nSPS) is 13.7. The summed E-state index contributed by atoms with van der Waals surface area (Å²) >= 11 is 0. The highest BCUT2D eigenvalue weighted by molar-refractivity contribution is 5.81. The Bertz CT molecular complexity index is 451. The largest absolute Gasteiger partial charge is 0.481 e. The first-order valence-corrected chi connectivity index (χ1v) is 5.48. The van der Waals surface area contributed by atoms with Crippen LogP contribution >= 0.6 is 0 Å². The number of carbonyl (C=O) groups is 1. The van der Waals surface area contributed by atoms with Crippen molar-refractivity contribution in [2.45, 2.75) is 25.2 Å². The van der Waals surface area contributed by atoms with Gasteiger partial charge in [0.2, 0.25) is 0 Å². The molecule has 1 atom stereocenters. The van der Waals surface area contributed by atoms with Crippen LogP contribution in [0.15, 0.2) is 24.3 Å². The fraction of sp³-hybridized carbons (Fsp3) is 0.385. The van der Waals surface area contributed by atoms with Gasteiger partial charge in [-0.15, -0.1) is 0 Å². The Kier molecular flexibility index (Phi) is 4.24. The molecular formula is C13H16N2O2. The van der Waals surface area contributed by atoms with Gasteiger partial charge in [0.1, 0.15) is 0 Å². The lowest BCUT2D eigenvalue weighted by molar-refractivity contribution is -0.143.